The van der Waals surface area contributed by atoms with Crippen molar-refractivity contribution in [2.75, 3.05) is 0 Å². The van der Waals surface area contributed by atoms with Crippen LogP contribution in [-0.2, 0) is 17.3 Å². The van der Waals surface area contributed by atoms with Gasteiger partial charge in [-0.3, -0.25) is 0 Å². The van der Waals surface area contributed by atoms with E-state index in [1.807, 2.05) is 6.07 Å². The van der Waals surface area contributed by atoms with Crippen LogP contribution in [0.15, 0.2) is 30.3 Å². The number of hydrogen-bond donors (Lipinski definition) is 0. The van der Waals surface area contributed by atoms with Crippen LogP contribution in [0.3, 0.4) is 0 Å². The van der Waals surface area contributed by atoms with Crippen molar-refractivity contribution in [1.82, 2.24) is 0 Å². The lowest BCUT2D eigenvalue weighted by Crippen LogP contribution is -2.34. The molecule has 0 aliphatic heterocycles. The topological polar surface area (TPSA) is 4.36 Å². The van der Waals surface area contributed by atoms with Crippen LogP contribution in [-0.4, -0.2) is 0 Å². The highest BCUT2D eigenvalue weighted by Crippen LogP contribution is 2.47. The lowest BCUT2D eigenvalue weighted by atomic mass is 9.62. The number of benzene rings is 2. The van der Waals surface area contributed by atoms with Crippen molar-refractivity contribution in [2.45, 2.75) is 77.6 Å². The lowest BCUT2D eigenvalue weighted by Gasteiger charge is -2.42. The molecular weight excluding hydrogens is 338 g/mol. The van der Waals surface area contributed by atoms with Crippen molar-refractivity contribution in [3.8, 4) is 0 Å². The number of allylic oxidation sites excluding steroid dienone is 1. The van der Waals surface area contributed by atoms with Gasteiger partial charge >= 0.3 is 0 Å². The third-order valence-corrected chi connectivity index (χ3v) is 7.03. The maximum Gasteiger partial charge on any atom is 0.187 e. The summed E-state index contributed by atoms with van der Waals surface area (Å²) in [5.74, 6) is 0. The van der Waals surface area contributed by atoms with Gasteiger partial charge in [-0.25, -0.2) is 4.85 Å². The maximum absolute atomic E-state index is 7.29. The monoisotopic (exact) mass is 369 g/mol. The third-order valence-electron chi connectivity index (χ3n) is 7.03. The molecule has 28 heavy (non-hydrogen) atoms. The second-order valence-corrected chi connectivity index (χ2v) is 10.00. The Morgan fingerprint density at radius 1 is 0.929 bits per heavy atom. The predicted molar refractivity (Wildman–Crippen MR) is 120 cm³/mol. The highest BCUT2D eigenvalue weighted by molar-refractivity contribution is 5.85. The molecule has 1 heteroatoms. The van der Waals surface area contributed by atoms with Crippen LogP contribution in [0.2, 0.25) is 0 Å². The number of hydrogen-bond acceptors (Lipinski definition) is 0. The van der Waals surface area contributed by atoms with Crippen molar-refractivity contribution < 1.29 is 0 Å². The van der Waals surface area contributed by atoms with E-state index in [0.29, 0.717) is 0 Å². The summed E-state index contributed by atoms with van der Waals surface area (Å²) in [6.45, 7) is 19.1. The Kier molecular flexibility index (Phi) is 4.50. The summed E-state index contributed by atoms with van der Waals surface area (Å²) in [6, 6.07) is 11.1. The average molecular weight is 370 g/mol. The molecule has 0 aromatic heterocycles. The van der Waals surface area contributed by atoms with Crippen molar-refractivity contribution in [1.29, 1.82) is 0 Å². The summed E-state index contributed by atoms with van der Waals surface area (Å²) < 4.78 is 0. The van der Waals surface area contributed by atoms with Gasteiger partial charge in [-0.05, 0) is 83.2 Å². The summed E-state index contributed by atoms with van der Waals surface area (Å²) >= 11 is 0. The minimum Gasteiger partial charge on any atom is -0.238 e. The molecule has 0 radical (unpaired) electrons. The van der Waals surface area contributed by atoms with Crippen LogP contribution in [0.4, 0.5) is 5.69 Å². The van der Waals surface area contributed by atoms with Crippen molar-refractivity contribution >= 4 is 17.3 Å². The molecule has 2 aromatic carbocycles. The zero-order valence-electron chi connectivity index (χ0n) is 17.9. The van der Waals surface area contributed by atoms with E-state index in [-0.39, 0.29) is 10.8 Å². The molecule has 2 aliphatic rings. The van der Waals surface area contributed by atoms with Gasteiger partial charge in [0.2, 0.25) is 0 Å². The van der Waals surface area contributed by atoms with E-state index in [2.05, 4.69) is 69.8 Å². The van der Waals surface area contributed by atoms with E-state index in [1.165, 1.54) is 58.2 Å². The molecular formula is C27H31N. The number of rotatable bonds is 1. The Labute approximate surface area is 170 Å². The first-order chi connectivity index (χ1) is 13.2. The molecule has 0 fully saturated rings. The van der Waals surface area contributed by atoms with Gasteiger partial charge in [0.25, 0.3) is 0 Å². The van der Waals surface area contributed by atoms with Gasteiger partial charge < -0.3 is 0 Å². The van der Waals surface area contributed by atoms with Gasteiger partial charge in [0.05, 0.1) is 6.57 Å². The van der Waals surface area contributed by atoms with Gasteiger partial charge in [0.1, 0.15) is 0 Å². The molecule has 4 rings (SSSR count). The Bertz CT molecular complexity index is 1010. The highest BCUT2D eigenvalue weighted by Gasteiger charge is 2.37. The maximum atomic E-state index is 7.29. The molecule has 0 saturated carbocycles. The SMILES string of the molecule is [C-]#[N+]c1ccc2c(c1)CCCC2=Cc1cc2c(cc1C)C(C)(C)CCC2(C)C. The zero-order valence-corrected chi connectivity index (χ0v) is 17.9. The predicted octanol–water partition coefficient (Wildman–Crippen LogP) is 7.77. The average Bonchev–Trinajstić information content (AvgIpc) is 2.66. The van der Waals surface area contributed by atoms with Crippen LogP contribution >= 0.6 is 0 Å². The fraction of sp³-hybridized carbons (Fsp3) is 0.444. The summed E-state index contributed by atoms with van der Waals surface area (Å²) in [5.41, 5.74) is 11.2. The van der Waals surface area contributed by atoms with Gasteiger partial charge in [-0.15, -0.1) is 0 Å². The quantitative estimate of drug-likeness (QED) is 0.452. The van der Waals surface area contributed by atoms with Crippen LogP contribution in [0, 0.1) is 13.5 Å². The molecule has 2 aromatic rings. The zero-order chi connectivity index (χ0) is 20.1. The molecule has 0 bridgehead atoms. The fourth-order valence-corrected chi connectivity index (χ4v) is 5.01. The Balaban J connectivity index is 1.83. The molecule has 0 saturated heterocycles. The summed E-state index contributed by atoms with van der Waals surface area (Å²) in [6.07, 6.45) is 8.29. The minimum atomic E-state index is 0.237. The van der Waals surface area contributed by atoms with Crippen LogP contribution < -0.4 is 0 Å². The molecule has 0 atom stereocenters. The minimum absolute atomic E-state index is 0.237. The largest absolute Gasteiger partial charge is 0.238 e. The fourth-order valence-electron chi connectivity index (χ4n) is 5.01. The van der Waals surface area contributed by atoms with Crippen LogP contribution in [0.25, 0.3) is 16.5 Å². The highest BCUT2D eigenvalue weighted by atomic mass is 14.6. The number of aryl methyl sites for hydroxylation is 2. The van der Waals surface area contributed by atoms with E-state index >= 15 is 0 Å². The van der Waals surface area contributed by atoms with Gasteiger partial charge in [0, 0.05) is 0 Å². The first-order valence-corrected chi connectivity index (χ1v) is 10.6. The lowest BCUT2D eigenvalue weighted by molar-refractivity contribution is 0.331. The Hall–Kier alpha value is -2.33. The second-order valence-electron chi connectivity index (χ2n) is 10.00. The molecule has 0 spiro atoms. The van der Waals surface area contributed by atoms with Crippen molar-refractivity contribution in [3.63, 3.8) is 0 Å². The summed E-state index contributed by atoms with van der Waals surface area (Å²) in [4.78, 5) is 3.61. The summed E-state index contributed by atoms with van der Waals surface area (Å²) in [7, 11) is 0. The van der Waals surface area contributed by atoms with Crippen LogP contribution in [0.1, 0.15) is 86.8 Å². The first kappa shape index (κ1) is 19.0. The molecule has 2 aliphatic carbocycles. The normalized spacial score (nSPS) is 20.9. The van der Waals surface area contributed by atoms with Gasteiger partial charge in [-0.2, -0.15) is 0 Å². The smallest absolute Gasteiger partial charge is 0.187 e. The molecule has 0 N–H and O–H groups in total. The number of nitrogens with zero attached hydrogens (tertiary/aromatic N) is 1. The molecule has 144 valence electrons. The first-order valence-electron chi connectivity index (χ1n) is 10.6. The van der Waals surface area contributed by atoms with E-state index in [0.717, 1.165) is 18.5 Å². The van der Waals surface area contributed by atoms with E-state index in [4.69, 9.17) is 6.57 Å². The van der Waals surface area contributed by atoms with Crippen molar-refractivity contribution in [2.24, 2.45) is 0 Å². The van der Waals surface area contributed by atoms with Gasteiger partial charge in [0.15, 0.2) is 5.69 Å². The second kappa shape index (κ2) is 6.63. The Morgan fingerprint density at radius 2 is 1.61 bits per heavy atom. The number of fused-ring (bicyclic) bond motifs is 2. The van der Waals surface area contributed by atoms with Crippen molar-refractivity contribution in [3.05, 3.63) is 75.1 Å². The van der Waals surface area contributed by atoms with Crippen LogP contribution in [0.5, 0.6) is 0 Å². The van der Waals surface area contributed by atoms with Gasteiger partial charge in [-0.1, -0.05) is 69.7 Å². The Morgan fingerprint density at radius 3 is 2.29 bits per heavy atom. The molecule has 0 amide bonds. The summed E-state index contributed by atoms with van der Waals surface area (Å²) in [5, 5.41) is 0. The molecule has 1 nitrogen and oxygen atoms in total. The van der Waals surface area contributed by atoms with E-state index in [9.17, 15) is 0 Å². The third kappa shape index (κ3) is 3.20. The molecule has 0 heterocycles. The van der Waals surface area contributed by atoms with E-state index in [1.54, 1.807) is 0 Å². The standard InChI is InChI=1S/C27H31N/c1-18-14-24-25(27(4,5)13-12-26(24,2)3)17-21(18)15-19-8-7-9-20-16-22(28-6)10-11-23(19)20/h10-11,14-17H,7-9,12-13H2,1-5H3. The molecule has 0 unspecified atom stereocenters. The van der Waals surface area contributed by atoms with E-state index < -0.39 is 0 Å².